The lowest BCUT2D eigenvalue weighted by atomic mass is 10.2. The number of nitrogens with zero attached hydrogens (tertiary/aromatic N) is 4. The van der Waals surface area contributed by atoms with E-state index in [1.807, 2.05) is 54.7 Å². The summed E-state index contributed by atoms with van der Waals surface area (Å²) in [6, 6.07) is 15.3. The van der Waals surface area contributed by atoms with Crippen LogP contribution < -0.4 is 15.4 Å². The maximum atomic E-state index is 6.24. The van der Waals surface area contributed by atoms with Crippen LogP contribution in [-0.2, 0) is 13.3 Å². The molecule has 0 spiro atoms. The molecule has 0 bridgehead atoms. The van der Waals surface area contributed by atoms with Gasteiger partial charge < -0.3 is 15.4 Å². The van der Waals surface area contributed by atoms with E-state index in [0.717, 1.165) is 25.9 Å². The van der Waals surface area contributed by atoms with Crippen molar-refractivity contribution in [1.29, 1.82) is 0 Å². The van der Waals surface area contributed by atoms with E-state index in [1.165, 1.54) is 0 Å². The molecule has 0 aliphatic carbocycles. The van der Waals surface area contributed by atoms with E-state index >= 15 is 0 Å². The molecule has 0 radical (unpaired) electrons. The Kier molecular flexibility index (Phi) is 7.46. The Labute approximate surface area is 212 Å². The zero-order valence-corrected chi connectivity index (χ0v) is 21.2. The molecule has 2 N–H and O–H groups in total. The SMILES string of the molecule is S=C(Nc1cnn(COc2ccc(Br)cc2)c1)Nc1nn(Cc2ccccc2Cl)cc1Br. The Balaban J connectivity index is 1.31. The van der Waals surface area contributed by atoms with Crippen LogP contribution in [0, 0.1) is 0 Å². The average molecular weight is 597 g/mol. The fourth-order valence-corrected chi connectivity index (χ4v) is 3.89. The van der Waals surface area contributed by atoms with Gasteiger partial charge in [0.1, 0.15) is 5.75 Å². The third-order valence-electron chi connectivity index (χ3n) is 4.31. The van der Waals surface area contributed by atoms with Gasteiger partial charge in [0.25, 0.3) is 0 Å². The van der Waals surface area contributed by atoms with Gasteiger partial charge in [-0.15, -0.1) is 0 Å². The first-order valence-electron chi connectivity index (χ1n) is 9.41. The summed E-state index contributed by atoms with van der Waals surface area (Å²) < 4.78 is 10.9. The monoisotopic (exact) mass is 594 g/mol. The van der Waals surface area contributed by atoms with Crippen molar-refractivity contribution < 1.29 is 4.74 Å². The van der Waals surface area contributed by atoms with Gasteiger partial charge in [0.2, 0.25) is 0 Å². The van der Waals surface area contributed by atoms with Crippen molar-refractivity contribution in [3.63, 3.8) is 0 Å². The highest BCUT2D eigenvalue weighted by Crippen LogP contribution is 2.23. The lowest BCUT2D eigenvalue weighted by molar-refractivity contribution is 0.221. The number of hydrogen-bond acceptors (Lipinski definition) is 4. The maximum Gasteiger partial charge on any atom is 0.180 e. The number of hydrogen-bond donors (Lipinski definition) is 2. The number of benzene rings is 2. The van der Waals surface area contributed by atoms with Gasteiger partial charge in [-0.2, -0.15) is 10.2 Å². The van der Waals surface area contributed by atoms with Crippen LogP contribution in [0.1, 0.15) is 5.56 Å². The molecule has 7 nitrogen and oxygen atoms in total. The average Bonchev–Trinajstić information content (AvgIpc) is 3.35. The molecule has 0 atom stereocenters. The first-order valence-corrected chi connectivity index (χ1v) is 11.8. The molecule has 4 aromatic rings. The summed E-state index contributed by atoms with van der Waals surface area (Å²) in [7, 11) is 0. The number of nitrogens with one attached hydrogen (secondary N) is 2. The van der Waals surface area contributed by atoms with E-state index in [2.05, 4.69) is 52.7 Å². The third kappa shape index (κ3) is 6.10. The van der Waals surface area contributed by atoms with E-state index < -0.39 is 0 Å². The van der Waals surface area contributed by atoms with Crippen LogP contribution in [0.5, 0.6) is 5.75 Å². The Morgan fingerprint density at radius 1 is 1.03 bits per heavy atom. The molecular formula is C21H17Br2ClN6OS. The lowest BCUT2D eigenvalue weighted by Crippen LogP contribution is -2.19. The van der Waals surface area contributed by atoms with Crippen LogP contribution in [0.25, 0.3) is 0 Å². The first-order chi connectivity index (χ1) is 15.5. The van der Waals surface area contributed by atoms with Crippen LogP contribution in [0.4, 0.5) is 11.5 Å². The second kappa shape index (κ2) is 10.5. The van der Waals surface area contributed by atoms with Gasteiger partial charge in [-0.25, -0.2) is 4.68 Å². The number of ether oxygens (including phenoxy) is 1. The highest BCUT2D eigenvalue weighted by Gasteiger charge is 2.10. The zero-order chi connectivity index (χ0) is 22.5. The molecular weight excluding hydrogens is 580 g/mol. The predicted octanol–water partition coefficient (Wildman–Crippen LogP) is 6.15. The summed E-state index contributed by atoms with van der Waals surface area (Å²) in [5.74, 6) is 1.35. The smallest absolute Gasteiger partial charge is 0.180 e. The van der Waals surface area contributed by atoms with Crippen molar-refractivity contribution in [2.24, 2.45) is 0 Å². The molecule has 4 rings (SSSR count). The van der Waals surface area contributed by atoms with E-state index in [-0.39, 0.29) is 6.73 Å². The van der Waals surface area contributed by atoms with Crippen molar-refractivity contribution in [3.8, 4) is 5.75 Å². The predicted molar refractivity (Wildman–Crippen MR) is 137 cm³/mol. The van der Waals surface area contributed by atoms with E-state index in [0.29, 0.717) is 22.5 Å². The topological polar surface area (TPSA) is 68.9 Å². The van der Waals surface area contributed by atoms with Gasteiger partial charge in [-0.3, -0.25) is 4.68 Å². The Hall–Kier alpha value is -2.40. The normalized spacial score (nSPS) is 10.7. The van der Waals surface area contributed by atoms with Crippen molar-refractivity contribution in [3.05, 3.63) is 86.7 Å². The van der Waals surface area contributed by atoms with Crippen LogP contribution in [0.2, 0.25) is 5.02 Å². The summed E-state index contributed by atoms with van der Waals surface area (Å²) >= 11 is 18.6. The maximum absolute atomic E-state index is 6.24. The summed E-state index contributed by atoms with van der Waals surface area (Å²) in [5.41, 5.74) is 1.71. The number of anilines is 2. The number of aromatic nitrogens is 4. The largest absolute Gasteiger partial charge is 0.471 e. The Morgan fingerprint density at radius 2 is 1.81 bits per heavy atom. The number of thiocarbonyl (C=S) groups is 1. The van der Waals surface area contributed by atoms with E-state index in [1.54, 1.807) is 21.8 Å². The fourth-order valence-electron chi connectivity index (χ4n) is 2.80. The molecule has 32 heavy (non-hydrogen) atoms. The summed E-state index contributed by atoms with van der Waals surface area (Å²) in [6.07, 6.45) is 5.34. The number of rotatable bonds is 7. The minimum atomic E-state index is 0.279. The minimum Gasteiger partial charge on any atom is -0.471 e. The molecule has 0 amide bonds. The van der Waals surface area contributed by atoms with E-state index in [4.69, 9.17) is 28.6 Å². The molecule has 2 aromatic carbocycles. The molecule has 0 fully saturated rings. The van der Waals surface area contributed by atoms with Crippen LogP contribution >= 0.6 is 55.7 Å². The van der Waals surface area contributed by atoms with Crippen molar-refractivity contribution in [2.75, 3.05) is 10.6 Å². The second-order valence-electron chi connectivity index (χ2n) is 6.69. The Morgan fingerprint density at radius 3 is 2.59 bits per heavy atom. The first kappa shape index (κ1) is 22.8. The minimum absolute atomic E-state index is 0.279. The Bertz CT molecular complexity index is 1230. The van der Waals surface area contributed by atoms with Crippen LogP contribution in [0.3, 0.4) is 0 Å². The highest BCUT2D eigenvalue weighted by atomic mass is 79.9. The van der Waals surface area contributed by atoms with Gasteiger partial charge >= 0.3 is 0 Å². The second-order valence-corrected chi connectivity index (χ2v) is 9.28. The van der Waals surface area contributed by atoms with Gasteiger partial charge in [-0.05, 0) is 64.0 Å². The molecule has 0 saturated heterocycles. The molecule has 164 valence electrons. The molecule has 0 saturated carbocycles. The zero-order valence-electron chi connectivity index (χ0n) is 16.5. The molecule has 2 aromatic heterocycles. The molecule has 2 heterocycles. The van der Waals surface area contributed by atoms with Gasteiger partial charge in [0, 0.05) is 15.7 Å². The quantitative estimate of drug-likeness (QED) is 0.250. The van der Waals surface area contributed by atoms with Crippen molar-refractivity contribution in [1.82, 2.24) is 19.6 Å². The highest BCUT2D eigenvalue weighted by molar-refractivity contribution is 9.10. The third-order valence-corrected chi connectivity index (χ3v) is 5.99. The summed E-state index contributed by atoms with van der Waals surface area (Å²) in [5, 5.41) is 16.1. The van der Waals surface area contributed by atoms with Crippen LogP contribution in [-0.4, -0.2) is 24.7 Å². The molecule has 11 heteroatoms. The van der Waals surface area contributed by atoms with Gasteiger partial charge in [0.15, 0.2) is 17.7 Å². The molecule has 0 unspecified atom stereocenters. The molecule has 0 aliphatic rings. The number of halogens is 3. The fraction of sp³-hybridized carbons (Fsp3) is 0.0952. The van der Waals surface area contributed by atoms with Gasteiger partial charge in [-0.1, -0.05) is 45.7 Å². The van der Waals surface area contributed by atoms with Gasteiger partial charge in [0.05, 0.1) is 29.1 Å². The standard InChI is InChI=1S/C21H17Br2ClN6OS/c22-15-5-7-17(8-6-15)31-13-30-11-16(9-25-30)26-21(32)27-20-18(23)12-29(28-20)10-14-3-1-2-4-19(14)24/h1-9,11-12H,10,13H2,(H2,26,27,28,32). The molecule has 0 aliphatic heterocycles. The van der Waals surface area contributed by atoms with E-state index in [9.17, 15) is 0 Å². The lowest BCUT2D eigenvalue weighted by Gasteiger charge is -2.08. The summed E-state index contributed by atoms with van der Waals surface area (Å²) in [4.78, 5) is 0. The van der Waals surface area contributed by atoms with Crippen LogP contribution in [0.15, 0.2) is 76.1 Å². The van der Waals surface area contributed by atoms with Crippen molar-refractivity contribution >= 4 is 72.3 Å². The van der Waals surface area contributed by atoms with Crippen molar-refractivity contribution in [2.45, 2.75) is 13.3 Å². The summed E-state index contributed by atoms with van der Waals surface area (Å²) in [6.45, 7) is 0.826.